The van der Waals surface area contributed by atoms with Crippen molar-refractivity contribution < 1.29 is 14.3 Å². The third-order valence-electron chi connectivity index (χ3n) is 1.30. The third kappa shape index (κ3) is 6.31. The maximum Gasteiger partial charge on any atom is 0.316 e. The normalized spacial score (nSPS) is 12.6. The summed E-state index contributed by atoms with van der Waals surface area (Å²) in [5, 5.41) is 0.258. The quantitative estimate of drug-likeness (QED) is 0.523. The number of methoxy groups -OCH3 is 1. The Bertz CT molecular complexity index is 116. The number of esters is 1. The van der Waals surface area contributed by atoms with Crippen LogP contribution in [0.15, 0.2) is 0 Å². The fraction of sp³-hybridized carbons (Fsp3) is 0.857. The summed E-state index contributed by atoms with van der Waals surface area (Å²) in [5.74, 6) is -0.228. The molecule has 0 spiro atoms. The van der Waals surface area contributed by atoms with Crippen molar-refractivity contribution in [2.45, 2.75) is 19.4 Å². The maximum absolute atomic E-state index is 10.6. The number of carbonyl (C=O) groups is 1. The van der Waals surface area contributed by atoms with Crippen molar-refractivity contribution in [1.82, 2.24) is 0 Å². The first-order valence-electron chi connectivity index (χ1n) is 3.45. The molecule has 0 aliphatic carbocycles. The van der Waals surface area contributed by atoms with Crippen molar-refractivity contribution >= 4 is 21.9 Å². The van der Waals surface area contributed by atoms with Gasteiger partial charge in [-0.2, -0.15) is 0 Å². The van der Waals surface area contributed by atoms with Gasteiger partial charge in [-0.05, 0) is 6.92 Å². The van der Waals surface area contributed by atoms with E-state index < -0.39 is 0 Å². The number of alkyl halides is 1. The number of ether oxygens (including phenoxy) is 2. The Balaban J connectivity index is 3.20. The predicted octanol–water partition coefficient (Wildman–Crippen LogP) is 1.35. The van der Waals surface area contributed by atoms with Crippen LogP contribution < -0.4 is 0 Å². The van der Waals surface area contributed by atoms with Gasteiger partial charge in [0.1, 0.15) is 5.33 Å². The molecule has 0 fully saturated rings. The average molecular weight is 225 g/mol. The summed E-state index contributed by atoms with van der Waals surface area (Å²) < 4.78 is 9.76. The summed E-state index contributed by atoms with van der Waals surface area (Å²) in [6, 6.07) is 0. The molecule has 1 atom stereocenters. The van der Waals surface area contributed by atoms with Gasteiger partial charge in [0.05, 0.1) is 12.7 Å². The lowest BCUT2D eigenvalue weighted by Gasteiger charge is -2.08. The van der Waals surface area contributed by atoms with Gasteiger partial charge < -0.3 is 9.47 Å². The van der Waals surface area contributed by atoms with Gasteiger partial charge in [0, 0.05) is 13.5 Å². The highest BCUT2D eigenvalue weighted by Gasteiger charge is 2.02. The first-order valence-corrected chi connectivity index (χ1v) is 4.57. The van der Waals surface area contributed by atoms with Crippen molar-refractivity contribution in [1.29, 1.82) is 0 Å². The molecule has 0 saturated carbocycles. The summed E-state index contributed by atoms with van der Waals surface area (Å²) in [7, 11) is 1.64. The minimum Gasteiger partial charge on any atom is -0.465 e. The van der Waals surface area contributed by atoms with E-state index >= 15 is 0 Å². The van der Waals surface area contributed by atoms with E-state index in [1.807, 2.05) is 6.92 Å². The topological polar surface area (TPSA) is 35.5 Å². The molecule has 0 aliphatic heterocycles. The third-order valence-corrected chi connectivity index (χ3v) is 1.76. The summed E-state index contributed by atoms with van der Waals surface area (Å²) in [6.45, 7) is 2.36. The monoisotopic (exact) mass is 224 g/mol. The Morgan fingerprint density at radius 3 is 2.73 bits per heavy atom. The van der Waals surface area contributed by atoms with Crippen molar-refractivity contribution in [3.63, 3.8) is 0 Å². The van der Waals surface area contributed by atoms with E-state index in [1.165, 1.54) is 0 Å². The smallest absolute Gasteiger partial charge is 0.316 e. The maximum atomic E-state index is 10.6. The highest BCUT2D eigenvalue weighted by molar-refractivity contribution is 9.09. The number of halogens is 1. The van der Waals surface area contributed by atoms with Crippen molar-refractivity contribution in [3.05, 3.63) is 0 Å². The Kier molecular flexibility index (Phi) is 6.56. The van der Waals surface area contributed by atoms with Gasteiger partial charge in [-0.3, -0.25) is 4.79 Å². The van der Waals surface area contributed by atoms with Crippen molar-refractivity contribution in [3.8, 4) is 0 Å². The molecule has 0 bridgehead atoms. The highest BCUT2D eigenvalue weighted by atomic mass is 79.9. The zero-order valence-electron chi connectivity index (χ0n) is 6.80. The molecule has 0 heterocycles. The fourth-order valence-electron chi connectivity index (χ4n) is 0.495. The molecule has 66 valence electrons. The van der Waals surface area contributed by atoms with Gasteiger partial charge in [-0.1, -0.05) is 15.9 Å². The van der Waals surface area contributed by atoms with Crippen LogP contribution in [0.25, 0.3) is 0 Å². The number of carbonyl (C=O) groups excluding carboxylic acids is 1. The van der Waals surface area contributed by atoms with E-state index in [2.05, 4.69) is 15.9 Å². The molecule has 0 radical (unpaired) electrons. The van der Waals surface area contributed by atoms with Crippen molar-refractivity contribution in [2.24, 2.45) is 0 Å². The number of hydrogen-bond donors (Lipinski definition) is 0. The second-order valence-corrected chi connectivity index (χ2v) is 2.75. The molecule has 0 aliphatic rings. The summed E-state index contributed by atoms with van der Waals surface area (Å²) in [6.07, 6.45) is 0.896. The molecule has 0 amide bonds. The molecule has 0 aromatic heterocycles. The van der Waals surface area contributed by atoms with Gasteiger partial charge in [0.15, 0.2) is 0 Å². The second-order valence-electron chi connectivity index (χ2n) is 2.19. The van der Waals surface area contributed by atoms with Crippen LogP contribution in [0.4, 0.5) is 0 Å². The van der Waals surface area contributed by atoms with Gasteiger partial charge in [-0.25, -0.2) is 0 Å². The lowest BCUT2D eigenvalue weighted by Crippen LogP contribution is -2.12. The van der Waals surface area contributed by atoms with Crippen LogP contribution in [0.1, 0.15) is 13.3 Å². The molecule has 1 unspecified atom stereocenters. The second kappa shape index (κ2) is 6.61. The molecule has 0 N–H and O–H groups in total. The van der Waals surface area contributed by atoms with E-state index in [9.17, 15) is 4.79 Å². The van der Waals surface area contributed by atoms with Gasteiger partial charge in [-0.15, -0.1) is 0 Å². The van der Waals surface area contributed by atoms with Gasteiger partial charge in [0.25, 0.3) is 0 Å². The van der Waals surface area contributed by atoms with Crippen LogP contribution in [-0.2, 0) is 14.3 Å². The van der Waals surface area contributed by atoms with Crippen LogP contribution in [0.5, 0.6) is 0 Å². The molecular formula is C7H13BrO3. The first kappa shape index (κ1) is 10.9. The molecule has 4 heteroatoms. The minimum absolute atomic E-state index is 0.151. The first-order chi connectivity index (χ1) is 5.20. The Labute approximate surface area is 75.2 Å². The highest BCUT2D eigenvalue weighted by Crippen LogP contribution is 1.96. The van der Waals surface area contributed by atoms with E-state index in [1.54, 1.807) is 7.11 Å². The zero-order chi connectivity index (χ0) is 8.69. The van der Waals surface area contributed by atoms with Crippen molar-refractivity contribution in [2.75, 3.05) is 19.0 Å². The molecular weight excluding hydrogens is 212 g/mol. The van der Waals surface area contributed by atoms with Crippen LogP contribution in [0, 0.1) is 0 Å². The Morgan fingerprint density at radius 2 is 2.27 bits per heavy atom. The summed E-state index contributed by atoms with van der Waals surface area (Å²) >= 11 is 2.99. The van der Waals surface area contributed by atoms with E-state index in [-0.39, 0.29) is 17.4 Å². The van der Waals surface area contributed by atoms with Crippen LogP contribution >= 0.6 is 15.9 Å². The summed E-state index contributed by atoms with van der Waals surface area (Å²) in [5.41, 5.74) is 0. The van der Waals surface area contributed by atoms with Gasteiger partial charge in [0.2, 0.25) is 0 Å². The van der Waals surface area contributed by atoms with E-state index in [0.717, 1.165) is 6.42 Å². The molecule has 0 saturated heterocycles. The molecule has 11 heavy (non-hydrogen) atoms. The number of rotatable bonds is 5. The van der Waals surface area contributed by atoms with Crippen LogP contribution in [-0.4, -0.2) is 31.1 Å². The minimum atomic E-state index is -0.228. The molecule has 0 aromatic carbocycles. The van der Waals surface area contributed by atoms with Gasteiger partial charge >= 0.3 is 5.97 Å². The Morgan fingerprint density at radius 1 is 1.64 bits per heavy atom. The van der Waals surface area contributed by atoms with Crippen LogP contribution in [0.2, 0.25) is 0 Å². The molecule has 0 rings (SSSR count). The Hall–Kier alpha value is -0.0900. The number of hydrogen-bond acceptors (Lipinski definition) is 3. The lowest BCUT2D eigenvalue weighted by molar-refractivity contribution is -0.140. The van der Waals surface area contributed by atoms with E-state index in [4.69, 9.17) is 9.47 Å². The summed E-state index contributed by atoms with van der Waals surface area (Å²) in [4.78, 5) is 10.6. The average Bonchev–Trinajstić information content (AvgIpc) is 2.04. The molecule has 0 aromatic rings. The SMILES string of the molecule is COC(C)CCOC(=O)CBr. The van der Waals surface area contributed by atoms with Crippen LogP contribution in [0.3, 0.4) is 0 Å². The predicted molar refractivity (Wildman–Crippen MR) is 45.8 cm³/mol. The van der Waals surface area contributed by atoms with E-state index in [0.29, 0.717) is 6.61 Å². The fourth-order valence-corrected chi connectivity index (χ4v) is 0.657. The standard InChI is InChI=1S/C7H13BrO3/c1-6(10-2)3-4-11-7(9)5-8/h6H,3-5H2,1-2H3. The largest absolute Gasteiger partial charge is 0.465 e. The zero-order valence-corrected chi connectivity index (χ0v) is 8.39. The lowest BCUT2D eigenvalue weighted by atomic mass is 10.3. The molecule has 3 nitrogen and oxygen atoms in total.